The molecule has 0 radical (unpaired) electrons. The Bertz CT molecular complexity index is 1830. The van der Waals surface area contributed by atoms with Gasteiger partial charge in [0.1, 0.15) is 11.5 Å². The fourth-order valence-corrected chi connectivity index (χ4v) is 6.52. The van der Waals surface area contributed by atoms with Gasteiger partial charge < -0.3 is 4.74 Å². The van der Waals surface area contributed by atoms with Gasteiger partial charge in [0, 0.05) is 32.7 Å². The maximum Gasteiger partial charge on any atom is 0.132 e. The first-order chi connectivity index (χ1) is 18.3. The summed E-state index contributed by atoms with van der Waals surface area (Å²) in [5.41, 5.74) is 9.63. The number of ether oxygens (including phenoxy) is 1. The van der Waals surface area contributed by atoms with Gasteiger partial charge in [0.25, 0.3) is 0 Å². The summed E-state index contributed by atoms with van der Waals surface area (Å²) in [6, 6.07) is 42.2. The highest BCUT2D eigenvalue weighted by Gasteiger charge is 2.52. The topological polar surface area (TPSA) is 22.1 Å². The molecule has 2 nitrogen and oxygen atoms in total. The molecule has 1 aromatic heterocycles. The lowest BCUT2D eigenvalue weighted by Gasteiger charge is -2.39. The lowest BCUT2D eigenvalue weighted by molar-refractivity contribution is 0.437. The number of benzene rings is 5. The van der Waals surface area contributed by atoms with Crippen molar-refractivity contribution in [3.05, 3.63) is 149 Å². The van der Waals surface area contributed by atoms with Gasteiger partial charge in [-0.2, -0.15) is 0 Å². The van der Waals surface area contributed by atoms with Gasteiger partial charge in [0.15, 0.2) is 0 Å². The Balaban J connectivity index is 1.64. The van der Waals surface area contributed by atoms with Gasteiger partial charge in [-0.25, -0.2) is 4.98 Å². The fraction of sp³-hybridized carbons (Fsp3) is 0.0294. The molecule has 0 amide bonds. The number of rotatable bonds is 1. The van der Waals surface area contributed by atoms with Crippen LogP contribution in [0.4, 0.5) is 0 Å². The second-order valence-corrected chi connectivity index (χ2v) is 10.1. The van der Waals surface area contributed by atoms with E-state index in [4.69, 9.17) is 21.3 Å². The molecule has 1 aliphatic heterocycles. The molecule has 0 unspecified atom stereocenters. The van der Waals surface area contributed by atoms with Crippen molar-refractivity contribution in [2.24, 2.45) is 0 Å². The van der Waals surface area contributed by atoms with Crippen LogP contribution >= 0.6 is 11.6 Å². The first kappa shape index (κ1) is 20.8. The molecule has 174 valence electrons. The first-order valence-electron chi connectivity index (χ1n) is 12.4. The zero-order valence-corrected chi connectivity index (χ0v) is 20.5. The number of hydrogen-bond acceptors (Lipinski definition) is 2. The third kappa shape index (κ3) is 2.68. The van der Waals surface area contributed by atoms with Crippen molar-refractivity contribution in [3.8, 4) is 33.9 Å². The number of aromatic nitrogens is 1. The molecule has 3 heteroatoms. The van der Waals surface area contributed by atoms with Crippen molar-refractivity contribution in [1.82, 2.24) is 4.98 Å². The number of fused-ring (bicyclic) bond motifs is 11. The fourth-order valence-electron chi connectivity index (χ4n) is 6.40. The van der Waals surface area contributed by atoms with Crippen LogP contribution in [-0.2, 0) is 5.41 Å². The highest BCUT2D eigenvalue weighted by Crippen LogP contribution is 2.64. The molecule has 0 fully saturated rings. The van der Waals surface area contributed by atoms with Crippen molar-refractivity contribution < 1.29 is 4.74 Å². The normalized spacial score (nSPS) is 14.0. The Hall–Kier alpha value is -4.40. The van der Waals surface area contributed by atoms with Gasteiger partial charge in [-0.05, 0) is 47.0 Å². The Labute approximate surface area is 219 Å². The Kier molecular flexibility index (Phi) is 4.24. The molecular weight excluding hydrogens is 474 g/mol. The van der Waals surface area contributed by atoms with E-state index in [1.807, 2.05) is 24.3 Å². The van der Waals surface area contributed by atoms with E-state index >= 15 is 0 Å². The van der Waals surface area contributed by atoms with Crippen molar-refractivity contribution in [2.75, 3.05) is 0 Å². The Morgan fingerprint density at radius 3 is 1.92 bits per heavy atom. The number of hydrogen-bond donors (Lipinski definition) is 0. The first-order valence-corrected chi connectivity index (χ1v) is 12.8. The van der Waals surface area contributed by atoms with E-state index in [0.29, 0.717) is 5.02 Å². The summed E-state index contributed by atoms with van der Waals surface area (Å²) in [7, 11) is 0. The molecule has 37 heavy (non-hydrogen) atoms. The molecule has 0 bridgehead atoms. The largest absolute Gasteiger partial charge is 0.457 e. The quantitative estimate of drug-likeness (QED) is 0.227. The highest BCUT2D eigenvalue weighted by molar-refractivity contribution is 6.30. The molecular formula is C34H20ClNO. The van der Waals surface area contributed by atoms with E-state index in [2.05, 4.69) is 97.1 Å². The van der Waals surface area contributed by atoms with E-state index in [9.17, 15) is 0 Å². The summed E-state index contributed by atoms with van der Waals surface area (Å²) < 4.78 is 6.50. The SMILES string of the molecule is Clc1ccc(-c2nc3ccccc3c3c2-c2ccccc2C32c3ccccc3Oc3ccccc32)cc1. The zero-order valence-electron chi connectivity index (χ0n) is 19.8. The Morgan fingerprint density at radius 1 is 0.595 bits per heavy atom. The molecule has 5 aromatic carbocycles. The average molecular weight is 494 g/mol. The van der Waals surface area contributed by atoms with Crippen LogP contribution in [0.1, 0.15) is 22.3 Å². The maximum absolute atomic E-state index is 6.50. The number of nitrogens with zero attached hydrogens (tertiary/aromatic N) is 1. The second-order valence-electron chi connectivity index (χ2n) is 9.62. The number of pyridine rings is 1. The van der Waals surface area contributed by atoms with E-state index in [1.54, 1.807) is 0 Å². The van der Waals surface area contributed by atoms with E-state index in [-0.39, 0.29) is 0 Å². The molecule has 1 aliphatic carbocycles. The van der Waals surface area contributed by atoms with Crippen LogP contribution in [-0.4, -0.2) is 4.98 Å². The predicted molar refractivity (Wildman–Crippen MR) is 150 cm³/mol. The molecule has 0 atom stereocenters. The standard InChI is InChI=1S/C34H20ClNO/c35-22-19-17-21(18-20-22)33-31-23-9-1-3-11-25(23)34(32(31)24-10-2-6-14-28(24)36-33)26-12-4-7-15-29(26)37-30-16-8-5-13-27(30)34/h1-20H. The third-order valence-electron chi connectivity index (χ3n) is 7.79. The summed E-state index contributed by atoms with van der Waals surface area (Å²) >= 11 is 6.29. The summed E-state index contributed by atoms with van der Waals surface area (Å²) in [6.07, 6.45) is 0. The van der Waals surface area contributed by atoms with Gasteiger partial charge in [0.05, 0.1) is 16.6 Å². The minimum atomic E-state index is -0.541. The van der Waals surface area contributed by atoms with Crippen LogP contribution in [0.25, 0.3) is 33.3 Å². The molecule has 0 saturated carbocycles. The molecule has 8 rings (SSSR count). The van der Waals surface area contributed by atoms with Crippen LogP contribution in [0.3, 0.4) is 0 Å². The van der Waals surface area contributed by atoms with Gasteiger partial charge in [-0.3, -0.25) is 0 Å². The van der Waals surface area contributed by atoms with E-state index < -0.39 is 5.41 Å². The molecule has 0 saturated heterocycles. The van der Waals surface area contributed by atoms with Crippen LogP contribution in [0.15, 0.2) is 121 Å². The zero-order chi connectivity index (χ0) is 24.6. The van der Waals surface area contributed by atoms with Crippen LogP contribution in [0.2, 0.25) is 5.02 Å². The maximum atomic E-state index is 6.50. The molecule has 6 aromatic rings. The smallest absolute Gasteiger partial charge is 0.132 e. The minimum Gasteiger partial charge on any atom is -0.457 e. The minimum absolute atomic E-state index is 0.541. The van der Waals surface area contributed by atoms with Gasteiger partial charge >= 0.3 is 0 Å². The summed E-state index contributed by atoms with van der Waals surface area (Å²) in [5.74, 6) is 1.77. The summed E-state index contributed by atoms with van der Waals surface area (Å²) in [5, 5.41) is 1.86. The van der Waals surface area contributed by atoms with Crippen molar-refractivity contribution in [1.29, 1.82) is 0 Å². The molecule has 1 spiro atoms. The number of para-hydroxylation sites is 3. The Morgan fingerprint density at radius 2 is 1.19 bits per heavy atom. The van der Waals surface area contributed by atoms with Crippen LogP contribution in [0.5, 0.6) is 11.5 Å². The predicted octanol–water partition coefficient (Wildman–Crippen LogP) is 9.02. The monoisotopic (exact) mass is 493 g/mol. The van der Waals surface area contributed by atoms with Crippen LogP contribution in [0, 0.1) is 0 Å². The van der Waals surface area contributed by atoms with E-state index in [0.717, 1.165) is 44.8 Å². The van der Waals surface area contributed by atoms with Crippen LogP contribution < -0.4 is 4.74 Å². The highest BCUT2D eigenvalue weighted by atomic mass is 35.5. The average Bonchev–Trinajstić information content (AvgIpc) is 3.25. The van der Waals surface area contributed by atoms with Crippen molar-refractivity contribution in [2.45, 2.75) is 5.41 Å². The molecule has 0 N–H and O–H groups in total. The third-order valence-corrected chi connectivity index (χ3v) is 8.04. The second kappa shape index (κ2) is 7.55. The van der Waals surface area contributed by atoms with E-state index in [1.165, 1.54) is 22.3 Å². The van der Waals surface area contributed by atoms with Gasteiger partial charge in [-0.15, -0.1) is 0 Å². The lowest BCUT2D eigenvalue weighted by atomic mass is 9.65. The lowest BCUT2D eigenvalue weighted by Crippen LogP contribution is -2.32. The van der Waals surface area contributed by atoms with Gasteiger partial charge in [-0.1, -0.05) is 103 Å². The van der Waals surface area contributed by atoms with Crippen molar-refractivity contribution in [3.63, 3.8) is 0 Å². The molecule has 2 aliphatic rings. The molecule has 2 heterocycles. The summed E-state index contributed by atoms with van der Waals surface area (Å²) in [4.78, 5) is 5.26. The summed E-state index contributed by atoms with van der Waals surface area (Å²) in [6.45, 7) is 0. The number of halogens is 1. The van der Waals surface area contributed by atoms with Gasteiger partial charge in [0.2, 0.25) is 0 Å². The van der Waals surface area contributed by atoms with Crippen molar-refractivity contribution >= 4 is 22.5 Å².